The van der Waals surface area contributed by atoms with E-state index in [1.54, 1.807) is 0 Å². The zero-order chi connectivity index (χ0) is 19.6. The Hall–Kier alpha value is -1.97. The Morgan fingerprint density at radius 2 is 1.89 bits per heavy atom. The van der Waals surface area contributed by atoms with Gasteiger partial charge in [0.2, 0.25) is 10.0 Å². The monoisotopic (exact) mass is 396 g/mol. The quantitative estimate of drug-likeness (QED) is 0.718. The molecule has 1 N–H and O–H groups in total. The predicted molar refractivity (Wildman–Crippen MR) is 96.7 cm³/mol. The molecule has 0 aromatic heterocycles. The van der Waals surface area contributed by atoms with E-state index in [-0.39, 0.29) is 54.3 Å². The number of ether oxygens (including phenoxy) is 2. The van der Waals surface area contributed by atoms with Gasteiger partial charge in [0.05, 0.1) is 22.7 Å². The standard InChI is InChI=1S/C18H24N2O6S/c1-12-9-20(10-13(2)26-12)27(23,24)16-5-3-4-14(8-16)18(22)25-11-17(21)19-15-6-7-15/h3-5,8,12-13,15H,6-7,9-11H2,1-2H3,(H,19,21)/t12-,13+. The second-order valence-corrected chi connectivity index (χ2v) is 8.96. The molecule has 1 saturated heterocycles. The van der Waals surface area contributed by atoms with Gasteiger partial charge in [-0.3, -0.25) is 4.79 Å². The molecular formula is C18H24N2O6S. The first-order valence-electron chi connectivity index (χ1n) is 8.98. The molecule has 1 heterocycles. The highest BCUT2D eigenvalue weighted by atomic mass is 32.2. The van der Waals surface area contributed by atoms with Gasteiger partial charge in [-0.15, -0.1) is 0 Å². The Kier molecular flexibility index (Phi) is 5.83. The van der Waals surface area contributed by atoms with Crippen molar-refractivity contribution in [1.82, 2.24) is 9.62 Å². The average molecular weight is 396 g/mol. The molecule has 3 rings (SSSR count). The summed E-state index contributed by atoms with van der Waals surface area (Å²) in [5.41, 5.74) is 0.0876. The third kappa shape index (κ3) is 5.06. The number of morpholine rings is 1. The van der Waals surface area contributed by atoms with Gasteiger partial charge in [0.15, 0.2) is 6.61 Å². The minimum absolute atomic E-state index is 0.0145. The Labute approximate surface area is 158 Å². The van der Waals surface area contributed by atoms with Crippen LogP contribution in [-0.2, 0) is 24.3 Å². The maximum absolute atomic E-state index is 12.9. The van der Waals surface area contributed by atoms with Crippen molar-refractivity contribution in [2.24, 2.45) is 0 Å². The lowest BCUT2D eigenvalue weighted by atomic mass is 10.2. The van der Waals surface area contributed by atoms with Crippen LogP contribution in [0.25, 0.3) is 0 Å². The largest absolute Gasteiger partial charge is 0.452 e. The average Bonchev–Trinajstić information content (AvgIpc) is 3.43. The normalized spacial score (nSPS) is 23.6. The summed E-state index contributed by atoms with van der Waals surface area (Å²) in [6.45, 7) is 3.76. The van der Waals surface area contributed by atoms with Crippen molar-refractivity contribution in [1.29, 1.82) is 0 Å². The lowest BCUT2D eigenvalue weighted by molar-refractivity contribution is -0.124. The number of nitrogens with zero attached hydrogens (tertiary/aromatic N) is 1. The van der Waals surface area contributed by atoms with E-state index in [0.29, 0.717) is 0 Å². The van der Waals surface area contributed by atoms with Crippen LogP contribution in [0, 0.1) is 0 Å². The lowest BCUT2D eigenvalue weighted by Gasteiger charge is -2.34. The van der Waals surface area contributed by atoms with Gasteiger partial charge in [0.1, 0.15) is 0 Å². The van der Waals surface area contributed by atoms with Gasteiger partial charge >= 0.3 is 5.97 Å². The first-order valence-corrected chi connectivity index (χ1v) is 10.4. The number of hydrogen-bond acceptors (Lipinski definition) is 6. The summed E-state index contributed by atoms with van der Waals surface area (Å²) in [5.74, 6) is -1.09. The van der Waals surface area contributed by atoms with Crippen LogP contribution < -0.4 is 5.32 Å². The second kappa shape index (κ2) is 7.95. The first kappa shape index (κ1) is 19.8. The predicted octanol–water partition coefficient (Wildman–Crippen LogP) is 0.920. The fraction of sp³-hybridized carbons (Fsp3) is 0.556. The van der Waals surface area contributed by atoms with Crippen molar-refractivity contribution in [2.75, 3.05) is 19.7 Å². The van der Waals surface area contributed by atoms with E-state index >= 15 is 0 Å². The molecule has 148 valence electrons. The van der Waals surface area contributed by atoms with E-state index in [0.717, 1.165) is 12.8 Å². The second-order valence-electron chi connectivity index (χ2n) is 7.03. The molecule has 2 aliphatic rings. The molecule has 1 aliphatic carbocycles. The highest BCUT2D eigenvalue weighted by Gasteiger charge is 2.32. The molecule has 2 atom stereocenters. The summed E-state index contributed by atoms with van der Waals surface area (Å²) in [5, 5.41) is 2.72. The molecule has 0 unspecified atom stereocenters. The Morgan fingerprint density at radius 1 is 1.22 bits per heavy atom. The van der Waals surface area contributed by atoms with E-state index in [1.807, 2.05) is 13.8 Å². The number of nitrogens with one attached hydrogen (secondary N) is 1. The van der Waals surface area contributed by atoms with Crippen molar-refractivity contribution in [2.45, 2.75) is 49.8 Å². The van der Waals surface area contributed by atoms with Gasteiger partial charge in [-0.25, -0.2) is 13.2 Å². The van der Waals surface area contributed by atoms with Crippen LogP contribution in [-0.4, -0.2) is 62.5 Å². The van der Waals surface area contributed by atoms with Crippen molar-refractivity contribution < 1.29 is 27.5 Å². The van der Waals surface area contributed by atoms with E-state index in [4.69, 9.17) is 9.47 Å². The third-order valence-corrected chi connectivity index (χ3v) is 6.20. The summed E-state index contributed by atoms with van der Waals surface area (Å²) in [6.07, 6.45) is 1.47. The molecular weight excluding hydrogens is 372 g/mol. The molecule has 0 spiro atoms. The van der Waals surface area contributed by atoms with Gasteiger partial charge in [0.25, 0.3) is 5.91 Å². The zero-order valence-corrected chi connectivity index (χ0v) is 16.2. The topological polar surface area (TPSA) is 102 Å². The molecule has 1 aromatic rings. The molecule has 0 bridgehead atoms. The van der Waals surface area contributed by atoms with Crippen molar-refractivity contribution in [3.8, 4) is 0 Å². The number of carbonyl (C=O) groups excluding carboxylic acids is 2. The molecule has 27 heavy (non-hydrogen) atoms. The summed E-state index contributed by atoms with van der Waals surface area (Å²) in [6, 6.07) is 5.85. The number of esters is 1. The summed E-state index contributed by atoms with van der Waals surface area (Å²) < 4.78 is 37.7. The van der Waals surface area contributed by atoms with Crippen LogP contribution in [0.15, 0.2) is 29.2 Å². The summed E-state index contributed by atoms with van der Waals surface area (Å²) in [4.78, 5) is 23.8. The van der Waals surface area contributed by atoms with E-state index in [1.165, 1.54) is 28.6 Å². The molecule has 1 amide bonds. The third-order valence-electron chi connectivity index (χ3n) is 4.37. The number of sulfonamides is 1. The van der Waals surface area contributed by atoms with Crippen LogP contribution in [0.4, 0.5) is 0 Å². The van der Waals surface area contributed by atoms with Crippen molar-refractivity contribution in [3.63, 3.8) is 0 Å². The fourth-order valence-electron chi connectivity index (χ4n) is 2.97. The van der Waals surface area contributed by atoms with Crippen LogP contribution >= 0.6 is 0 Å². The smallest absolute Gasteiger partial charge is 0.338 e. The van der Waals surface area contributed by atoms with E-state index in [9.17, 15) is 18.0 Å². The Balaban J connectivity index is 1.68. The number of benzene rings is 1. The van der Waals surface area contributed by atoms with Gasteiger partial charge in [-0.05, 0) is 44.9 Å². The number of amides is 1. The van der Waals surface area contributed by atoms with Crippen LogP contribution in [0.3, 0.4) is 0 Å². The number of carbonyl (C=O) groups is 2. The van der Waals surface area contributed by atoms with Crippen molar-refractivity contribution in [3.05, 3.63) is 29.8 Å². The van der Waals surface area contributed by atoms with Crippen LogP contribution in [0.2, 0.25) is 0 Å². The first-order chi connectivity index (χ1) is 12.8. The maximum atomic E-state index is 12.9. The molecule has 1 saturated carbocycles. The minimum Gasteiger partial charge on any atom is -0.452 e. The van der Waals surface area contributed by atoms with Gasteiger partial charge in [-0.1, -0.05) is 6.07 Å². The fourth-order valence-corrected chi connectivity index (χ4v) is 4.61. The van der Waals surface area contributed by atoms with Gasteiger partial charge in [-0.2, -0.15) is 4.31 Å². The summed E-state index contributed by atoms with van der Waals surface area (Å²) in [7, 11) is -3.76. The number of rotatable bonds is 6. The van der Waals surface area contributed by atoms with Crippen LogP contribution in [0.1, 0.15) is 37.0 Å². The van der Waals surface area contributed by atoms with Gasteiger partial charge in [0, 0.05) is 19.1 Å². The van der Waals surface area contributed by atoms with Crippen molar-refractivity contribution >= 4 is 21.9 Å². The Bertz CT molecular complexity index is 811. The molecule has 2 fully saturated rings. The van der Waals surface area contributed by atoms with E-state index < -0.39 is 16.0 Å². The maximum Gasteiger partial charge on any atom is 0.338 e. The SMILES string of the molecule is C[C@@H]1CN(S(=O)(=O)c2cccc(C(=O)OCC(=O)NC3CC3)c2)C[C@H](C)O1. The highest BCUT2D eigenvalue weighted by molar-refractivity contribution is 7.89. The molecule has 1 aliphatic heterocycles. The lowest BCUT2D eigenvalue weighted by Crippen LogP contribution is -2.48. The highest BCUT2D eigenvalue weighted by Crippen LogP contribution is 2.22. The molecule has 0 radical (unpaired) electrons. The van der Waals surface area contributed by atoms with Crippen LogP contribution in [0.5, 0.6) is 0 Å². The number of hydrogen-bond donors (Lipinski definition) is 1. The molecule has 1 aromatic carbocycles. The minimum atomic E-state index is -3.76. The van der Waals surface area contributed by atoms with E-state index in [2.05, 4.69) is 5.32 Å². The molecule has 8 nitrogen and oxygen atoms in total. The van der Waals surface area contributed by atoms with Gasteiger partial charge < -0.3 is 14.8 Å². The Morgan fingerprint density at radius 3 is 2.52 bits per heavy atom. The summed E-state index contributed by atoms with van der Waals surface area (Å²) >= 11 is 0. The zero-order valence-electron chi connectivity index (χ0n) is 15.4. The molecule has 9 heteroatoms.